The van der Waals surface area contributed by atoms with E-state index in [1.165, 1.54) is 10.7 Å². The third-order valence-electron chi connectivity index (χ3n) is 3.57. The van der Waals surface area contributed by atoms with Crippen LogP contribution in [0.2, 0.25) is 10.0 Å². The summed E-state index contributed by atoms with van der Waals surface area (Å²) in [7, 11) is 1.63. The number of aromatic nitrogens is 2. The van der Waals surface area contributed by atoms with Gasteiger partial charge in [0.2, 0.25) is 0 Å². The molecule has 2 N–H and O–H groups in total. The molecule has 0 spiro atoms. The van der Waals surface area contributed by atoms with Gasteiger partial charge in [-0.1, -0.05) is 35.3 Å². The Balaban J connectivity index is 1.74. The second kappa shape index (κ2) is 7.59. The third-order valence-corrected chi connectivity index (χ3v) is 4.16. The molecule has 2 amide bonds. The van der Waals surface area contributed by atoms with Gasteiger partial charge in [-0.25, -0.2) is 0 Å². The fourth-order valence-electron chi connectivity index (χ4n) is 2.25. The van der Waals surface area contributed by atoms with Crippen LogP contribution in [0, 0.1) is 0 Å². The summed E-state index contributed by atoms with van der Waals surface area (Å²) in [5, 5.41) is 10.4. The topological polar surface area (TPSA) is 76.0 Å². The van der Waals surface area contributed by atoms with Crippen molar-refractivity contribution in [2.75, 3.05) is 10.6 Å². The maximum atomic E-state index is 12.3. The van der Waals surface area contributed by atoms with Gasteiger partial charge in [0, 0.05) is 23.8 Å². The van der Waals surface area contributed by atoms with Crippen LogP contribution in [0.25, 0.3) is 0 Å². The Bertz CT molecular complexity index is 968. The van der Waals surface area contributed by atoms with E-state index in [0.717, 1.165) is 0 Å². The number of anilines is 2. The monoisotopic (exact) mass is 388 g/mol. The van der Waals surface area contributed by atoms with Crippen LogP contribution in [-0.4, -0.2) is 21.6 Å². The minimum absolute atomic E-state index is 0.164. The molecular weight excluding hydrogens is 375 g/mol. The molecule has 0 radical (unpaired) electrons. The standard InChI is InChI=1S/C18H14Cl2N4O2/c1-24-16(22-17(25)13-4-2-3-5-14(13)20)10-15(23-24)18(26)21-12-8-6-11(19)7-9-12/h2-10H,1H3,(H,21,26)(H,22,25). The fourth-order valence-corrected chi connectivity index (χ4v) is 2.60. The number of nitrogens with zero attached hydrogens (tertiary/aromatic N) is 2. The predicted octanol–water partition coefficient (Wildman–Crippen LogP) is 4.23. The highest BCUT2D eigenvalue weighted by Crippen LogP contribution is 2.18. The van der Waals surface area contributed by atoms with E-state index in [4.69, 9.17) is 23.2 Å². The lowest BCUT2D eigenvalue weighted by molar-refractivity contribution is 0.101. The Morgan fingerprint density at radius 1 is 0.962 bits per heavy atom. The van der Waals surface area contributed by atoms with Crippen molar-refractivity contribution < 1.29 is 9.59 Å². The number of carbonyl (C=O) groups is 2. The summed E-state index contributed by atoms with van der Waals surface area (Å²) in [4.78, 5) is 24.7. The first-order chi connectivity index (χ1) is 12.4. The molecule has 0 bridgehead atoms. The number of hydrogen-bond acceptors (Lipinski definition) is 3. The lowest BCUT2D eigenvalue weighted by atomic mass is 10.2. The first-order valence-electron chi connectivity index (χ1n) is 7.61. The van der Waals surface area contributed by atoms with Crippen LogP contribution in [-0.2, 0) is 7.05 Å². The van der Waals surface area contributed by atoms with Crippen molar-refractivity contribution in [3.63, 3.8) is 0 Å². The number of nitrogens with one attached hydrogen (secondary N) is 2. The summed E-state index contributed by atoms with van der Waals surface area (Å²) in [5.41, 5.74) is 1.09. The summed E-state index contributed by atoms with van der Waals surface area (Å²) in [6.07, 6.45) is 0. The van der Waals surface area contributed by atoms with Crippen LogP contribution >= 0.6 is 23.2 Å². The minimum Gasteiger partial charge on any atom is -0.321 e. The van der Waals surface area contributed by atoms with Gasteiger partial charge in [0.25, 0.3) is 11.8 Å². The van der Waals surface area contributed by atoms with Gasteiger partial charge in [0.15, 0.2) is 5.69 Å². The molecule has 6 nitrogen and oxygen atoms in total. The van der Waals surface area contributed by atoms with Crippen molar-refractivity contribution in [2.45, 2.75) is 0 Å². The van der Waals surface area contributed by atoms with Crippen LogP contribution in [0.1, 0.15) is 20.8 Å². The molecule has 2 aromatic carbocycles. The normalized spacial score (nSPS) is 10.4. The van der Waals surface area contributed by atoms with Gasteiger partial charge in [-0.3, -0.25) is 14.3 Å². The molecule has 8 heteroatoms. The zero-order valence-corrected chi connectivity index (χ0v) is 15.2. The molecule has 26 heavy (non-hydrogen) atoms. The maximum absolute atomic E-state index is 12.3. The maximum Gasteiger partial charge on any atom is 0.276 e. The van der Waals surface area contributed by atoms with Crippen LogP contribution in [0.3, 0.4) is 0 Å². The summed E-state index contributed by atoms with van der Waals surface area (Å²) >= 11 is 11.8. The van der Waals surface area contributed by atoms with E-state index in [1.54, 1.807) is 55.6 Å². The van der Waals surface area contributed by atoms with E-state index >= 15 is 0 Å². The van der Waals surface area contributed by atoms with Crippen molar-refractivity contribution >= 4 is 46.5 Å². The Hall–Kier alpha value is -2.83. The number of rotatable bonds is 4. The average Bonchev–Trinajstić information content (AvgIpc) is 2.98. The van der Waals surface area contributed by atoms with E-state index in [2.05, 4.69) is 15.7 Å². The number of carbonyl (C=O) groups excluding carboxylic acids is 2. The smallest absolute Gasteiger partial charge is 0.276 e. The quantitative estimate of drug-likeness (QED) is 0.701. The van der Waals surface area contributed by atoms with E-state index in [-0.39, 0.29) is 11.6 Å². The summed E-state index contributed by atoms with van der Waals surface area (Å²) in [6.45, 7) is 0. The van der Waals surface area contributed by atoms with E-state index in [9.17, 15) is 9.59 Å². The molecule has 3 rings (SSSR count). The number of aryl methyl sites for hydroxylation is 1. The Morgan fingerprint density at radius 2 is 1.65 bits per heavy atom. The molecule has 0 aliphatic heterocycles. The van der Waals surface area contributed by atoms with Crippen LogP contribution in [0.15, 0.2) is 54.6 Å². The zero-order chi connectivity index (χ0) is 18.7. The van der Waals surface area contributed by atoms with Crippen LogP contribution < -0.4 is 10.6 Å². The molecule has 1 heterocycles. The lowest BCUT2D eigenvalue weighted by Gasteiger charge is -2.06. The molecule has 0 aliphatic carbocycles. The second-order valence-electron chi connectivity index (χ2n) is 5.43. The molecule has 0 aliphatic rings. The highest BCUT2D eigenvalue weighted by atomic mass is 35.5. The SMILES string of the molecule is Cn1nc(C(=O)Nc2ccc(Cl)cc2)cc1NC(=O)c1ccccc1Cl. The van der Waals surface area contributed by atoms with Gasteiger partial charge >= 0.3 is 0 Å². The Kier molecular flexibility index (Phi) is 5.25. The molecule has 0 fully saturated rings. The molecule has 0 atom stereocenters. The summed E-state index contributed by atoms with van der Waals surface area (Å²) in [6, 6.07) is 14.9. The largest absolute Gasteiger partial charge is 0.321 e. The lowest BCUT2D eigenvalue weighted by Crippen LogP contribution is -2.14. The van der Waals surface area contributed by atoms with Gasteiger partial charge in [0.1, 0.15) is 5.82 Å². The number of amides is 2. The highest BCUT2D eigenvalue weighted by Gasteiger charge is 2.16. The summed E-state index contributed by atoms with van der Waals surface area (Å²) < 4.78 is 1.41. The average molecular weight is 389 g/mol. The van der Waals surface area contributed by atoms with Crippen LogP contribution in [0.5, 0.6) is 0 Å². The molecule has 0 saturated heterocycles. The van der Waals surface area contributed by atoms with Gasteiger partial charge in [-0.2, -0.15) is 5.10 Å². The Morgan fingerprint density at radius 3 is 2.35 bits per heavy atom. The Labute approximate surface area is 159 Å². The van der Waals surface area contributed by atoms with E-state index < -0.39 is 5.91 Å². The van der Waals surface area contributed by atoms with E-state index in [1.807, 2.05) is 0 Å². The van der Waals surface area contributed by atoms with E-state index in [0.29, 0.717) is 27.1 Å². The first kappa shape index (κ1) is 18.0. The number of hydrogen-bond donors (Lipinski definition) is 2. The molecular formula is C18H14Cl2N4O2. The van der Waals surface area contributed by atoms with Gasteiger partial charge in [-0.05, 0) is 36.4 Å². The fraction of sp³-hybridized carbons (Fsp3) is 0.0556. The van der Waals surface area contributed by atoms with Crippen molar-refractivity contribution in [3.8, 4) is 0 Å². The number of benzene rings is 2. The second-order valence-corrected chi connectivity index (χ2v) is 6.28. The highest BCUT2D eigenvalue weighted by molar-refractivity contribution is 6.34. The molecule has 3 aromatic rings. The first-order valence-corrected chi connectivity index (χ1v) is 8.36. The minimum atomic E-state index is -0.402. The predicted molar refractivity (Wildman–Crippen MR) is 102 cm³/mol. The molecule has 1 aromatic heterocycles. The van der Waals surface area contributed by atoms with Crippen molar-refractivity contribution in [1.82, 2.24) is 9.78 Å². The van der Waals surface area contributed by atoms with Crippen molar-refractivity contribution in [1.29, 1.82) is 0 Å². The molecule has 0 unspecified atom stereocenters. The number of halogens is 2. The van der Waals surface area contributed by atoms with Gasteiger partial charge in [-0.15, -0.1) is 0 Å². The molecule has 0 saturated carbocycles. The van der Waals surface area contributed by atoms with Crippen molar-refractivity contribution in [2.24, 2.45) is 7.05 Å². The van der Waals surface area contributed by atoms with Gasteiger partial charge < -0.3 is 10.6 Å². The molecule has 132 valence electrons. The zero-order valence-electron chi connectivity index (χ0n) is 13.7. The summed E-state index contributed by atoms with van der Waals surface area (Å²) in [5.74, 6) is -0.416. The van der Waals surface area contributed by atoms with Crippen molar-refractivity contribution in [3.05, 3.63) is 75.9 Å². The third kappa shape index (κ3) is 4.04. The van der Waals surface area contributed by atoms with Gasteiger partial charge in [0.05, 0.1) is 10.6 Å². The van der Waals surface area contributed by atoms with Crippen LogP contribution in [0.4, 0.5) is 11.5 Å².